The summed E-state index contributed by atoms with van der Waals surface area (Å²) in [5.74, 6) is -1.17. The Morgan fingerprint density at radius 3 is 2.71 bits per heavy atom. The number of nitrogens with zero attached hydrogens (tertiary/aromatic N) is 2. The minimum atomic E-state index is -3.79. The van der Waals surface area contributed by atoms with Crippen molar-refractivity contribution in [2.24, 2.45) is 7.05 Å². The van der Waals surface area contributed by atoms with Crippen molar-refractivity contribution in [3.05, 3.63) is 47.3 Å². The Balaban J connectivity index is 2.26. The van der Waals surface area contributed by atoms with Crippen LogP contribution in [0.5, 0.6) is 0 Å². The average molecular weight is 309 g/mol. The van der Waals surface area contributed by atoms with E-state index in [1.165, 1.54) is 12.1 Å². The molecule has 1 aromatic carbocycles. The maximum absolute atomic E-state index is 12.3. The first-order valence-electron chi connectivity index (χ1n) is 6.11. The molecule has 21 heavy (non-hydrogen) atoms. The summed E-state index contributed by atoms with van der Waals surface area (Å²) in [4.78, 5) is 10.9. The quantitative estimate of drug-likeness (QED) is 0.854. The van der Waals surface area contributed by atoms with E-state index < -0.39 is 16.0 Å². The standard InChI is InChI=1S/C13H15N3O4S/c1-9-3-4-11(13(17)18)5-12(9)21(19,20)15-7-10-6-14-16(2)8-10/h3-6,8,15H,7H2,1-2H3,(H,17,18). The summed E-state index contributed by atoms with van der Waals surface area (Å²) in [5, 5.41) is 12.9. The summed E-state index contributed by atoms with van der Waals surface area (Å²) < 4.78 is 28.6. The van der Waals surface area contributed by atoms with E-state index in [2.05, 4.69) is 9.82 Å². The topological polar surface area (TPSA) is 101 Å². The van der Waals surface area contributed by atoms with Crippen molar-refractivity contribution < 1.29 is 18.3 Å². The molecule has 7 nitrogen and oxygen atoms in total. The molecular weight excluding hydrogens is 294 g/mol. The van der Waals surface area contributed by atoms with Gasteiger partial charge in [0.25, 0.3) is 0 Å². The molecule has 0 aliphatic heterocycles. The summed E-state index contributed by atoms with van der Waals surface area (Å²) in [6.07, 6.45) is 3.26. The van der Waals surface area contributed by atoms with Gasteiger partial charge in [-0.1, -0.05) is 6.07 Å². The number of aryl methyl sites for hydroxylation is 2. The van der Waals surface area contributed by atoms with Crippen LogP contribution in [0.25, 0.3) is 0 Å². The highest BCUT2D eigenvalue weighted by molar-refractivity contribution is 7.89. The predicted octanol–water partition coefficient (Wildman–Crippen LogP) is 0.905. The molecular formula is C13H15N3O4S. The number of aromatic carboxylic acids is 1. The zero-order chi connectivity index (χ0) is 15.6. The average Bonchev–Trinajstić information content (AvgIpc) is 2.82. The van der Waals surface area contributed by atoms with Crippen LogP contribution < -0.4 is 4.72 Å². The summed E-state index contributed by atoms with van der Waals surface area (Å²) >= 11 is 0. The van der Waals surface area contributed by atoms with Crippen molar-refractivity contribution in [2.45, 2.75) is 18.4 Å². The monoisotopic (exact) mass is 309 g/mol. The van der Waals surface area contributed by atoms with Gasteiger partial charge in [-0.2, -0.15) is 5.10 Å². The van der Waals surface area contributed by atoms with Gasteiger partial charge in [-0.3, -0.25) is 4.68 Å². The molecule has 0 aliphatic rings. The van der Waals surface area contributed by atoms with Crippen LogP contribution in [0.1, 0.15) is 21.5 Å². The first-order valence-corrected chi connectivity index (χ1v) is 7.59. The maximum Gasteiger partial charge on any atom is 0.335 e. The van der Waals surface area contributed by atoms with E-state index in [1.807, 2.05) is 0 Å². The molecule has 0 unspecified atom stereocenters. The number of benzene rings is 1. The second kappa shape index (κ2) is 5.66. The number of nitrogens with one attached hydrogen (secondary N) is 1. The second-order valence-corrected chi connectivity index (χ2v) is 6.37. The van der Waals surface area contributed by atoms with Gasteiger partial charge in [0, 0.05) is 25.4 Å². The number of rotatable bonds is 5. The van der Waals surface area contributed by atoms with E-state index in [1.54, 1.807) is 31.0 Å². The minimum Gasteiger partial charge on any atom is -0.478 e. The van der Waals surface area contributed by atoms with Crippen LogP contribution in [0.3, 0.4) is 0 Å². The molecule has 0 spiro atoms. The number of carbonyl (C=O) groups is 1. The molecule has 2 rings (SSSR count). The van der Waals surface area contributed by atoms with Crippen molar-refractivity contribution in [2.75, 3.05) is 0 Å². The number of hydrogen-bond acceptors (Lipinski definition) is 4. The molecule has 2 N–H and O–H groups in total. The van der Waals surface area contributed by atoms with Crippen molar-refractivity contribution in [1.29, 1.82) is 0 Å². The number of carboxylic acid groups (broad SMARTS) is 1. The zero-order valence-corrected chi connectivity index (χ0v) is 12.4. The Morgan fingerprint density at radius 1 is 1.43 bits per heavy atom. The lowest BCUT2D eigenvalue weighted by atomic mass is 10.1. The normalized spacial score (nSPS) is 11.5. The third kappa shape index (κ3) is 3.47. The van der Waals surface area contributed by atoms with E-state index in [0.29, 0.717) is 11.1 Å². The fourth-order valence-corrected chi connectivity index (χ4v) is 3.13. The lowest BCUT2D eigenvalue weighted by Crippen LogP contribution is -2.24. The zero-order valence-electron chi connectivity index (χ0n) is 11.6. The Bertz CT molecular complexity index is 780. The van der Waals surface area contributed by atoms with Gasteiger partial charge in [0.05, 0.1) is 16.7 Å². The van der Waals surface area contributed by atoms with Gasteiger partial charge in [-0.05, 0) is 24.6 Å². The molecule has 0 bridgehead atoms. The van der Waals surface area contributed by atoms with Gasteiger partial charge < -0.3 is 5.11 Å². The number of hydrogen-bond donors (Lipinski definition) is 2. The molecule has 2 aromatic rings. The fourth-order valence-electron chi connectivity index (χ4n) is 1.84. The van der Waals surface area contributed by atoms with E-state index >= 15 is 0 Å². The lowest BCUT2D eigenvalue weighted by molar-refractivity contribution is 0.0696. The van der Waals surface area contributed by atoms with E-state index in [-0.39, 0.29) is 17.0 Å². The van der Waals surface area contributed by atoms with E-state index in [9.17, 15) is 13.2 Å². The predicted molar refractivity (Wildman–Crippen MR) is 75.4 cm³/mol. The van der Waals surface area contributed by atoms with Crippen LogP contribution in [-0.4, -0.2) is 29.3 Å². The maximum atomic E-state index is 12.3. The smallest absolute Gasteiger partial charge is 0.335 e. The Hall–Kier alpha value is -2.19. The molecule has 0 saturated heterocycles. The third-order valence-electron chi connectivity index (χ3n) is 2.95. The van der Waals surface area contributed by atoms with Gasteiger partial charge in [-0.25, -0.2) is 17.9 Å². The Labute approximate surface area is 122 Å². The second-order valence-electron chi connectivity index (χ2n) is 4.63. The van der Waals surface area contributed by atoms with Crippen LogP contribution in [0, 0.1) is 6.92 Å². The molecule has 112 valence electrons. The van der Waals surface area contributed by atoms with E-state index in [0.717, 1.165) is 6.07 Å². The molecule has 0 atom stereocenters. The summed E-state index contributed by atoms with van der Waals surface area (Å²) in [5.41, 5.74) is 1.13. The van der Waals surface area contributed by atoms with Crippen LogP contribution in [0.2, 0.25) is 0 Å². The molecule has 0 aliphatic carbocycles. The number of carboxylic acids is 1. The minimum absolute atomic E-state index is 0.0358. The van der Waals surface area contributed by atoms with Crippen LogP contribution in [-0.2, 0) is 23.6 Å². The van der Waals surface area contributed by atoms with Gasteiger partial charge in [0.15, 0.2) is 0 Å². The van der Waals surface area contributed by atoms with Crippen molar-refractivity contribution >= 4 is 16.0 Å². The summed E-state index contributed by atoms with van der Waals surface area (Å²) in [7, 11) is -2.05. The highest BCUT2D eigenvalue weighted by Crippen LogP contribution is 2.17. The van der Waals surface area contributed by atoms with Gasteiger partial charge in [-0.15, -0.1) is 0 Å². The van der Waals surface area contributed by atoms with Crippen molar-refractivity contribution in [3.8, 4) is 0 Å². The van der Waals surface area contributed by atoms with Gasteiger partial charge in [0.2, 0.25) is 10.0 Å². The molecule has 1 aromatic heterocycles. The fraction of sp³-hybridized carbons (Fsp3) is 0.231. The van der Waals surface area contributed by atoms with Crippen molar-refractivity contribution in [1.82, 2.24) is 14.5 Å². The Morgan fingerprint density at radius 2 is 2.14 bits per heavy atom. The largest absolute Gasteiger partial charge is 0.478 e. The van der Waals surface area contributed by atoms with E-state index in [4.69, 9.17) is 5.11 Å². The molecule has 8 heteroatoms. The molecule has 0 amide bonds. The lowest BCUT2D eigenvalue weighted by Gasteiger charge is -2.09. The molecule has 0 saturated carbocycles. The SMILES string of the molecule is Cc1ccc(C(=O)O)cc1S(=O)(=O)NCc1cnn(C)c1. The number of sulfonamides is 1. The Kier molecular flexibility index (Phi) is 4.10. The highest BCUT2D eigenvalue weighted by atomic mass is 32.2. The molecule has 0 radical (unpaired) electrons. The first-order chi connectivity index (χ1) is 9.79. The van der Waals surface area contributed by atoms with Gasteiger partial charge >= 0.3 is 5.97 Å². The van der Waals surface area contributed by atoms with Gasteiger partial charge in [0.1, 0.15) is 0 Å². The van der Waals surface area contributed by atoms with Crippen LogP contribution in [0.4, 0.5) is 0 Å². The molecule has 1 heterocycles. The highest BCUT2D eigenvalue weighted by Gasteiger charge is 2.19. The van der Waals surface area contributed by atoms with Crippen molar-refractivity contribution in [3.63, 3.8) is 0 Å². The number of aromatic nitrogens is 2. The first kappa shape index (κ1) is 15.2. The third-order valence-corrected chi connectivity index (χ3v) is 4.49. The summed E-state index contributed by atoms with van der Waals surface area (Å²) in [6, 6.07) is 4.00. The molecule has 0 fully saturated rings. The summed E-state index contributed by atoms with van der Waals surface area (Å²) in [6.45, 7) is 1.71. The van der Waals surface area contributed by atoms with Crippen LogP contribution in [0.15, 0.2) is 35.5 Å². The van der Waals surface area contributed by atoms with Crippen LogP contribution >= 0.6 is 0 Å².